The van der Waals surface area contributed by atoms with Crippen LogP contribution >= 0.6 is 24.8 Å². The Morgan fingerprint density at radius 3 is 2.58 bits per heavy atom. The molecule has 0 aliphatic carbocycles. The first-order valence-electron chi connectivity index (χ1n) is 8.12. The molecule has 7 heteroatoms. The molecule has 26 heavy (non-hydrogen) atoms. The summed E-state index contributed by atoms with van der Waals surface area (Å²) in [4.78, 5) is 19.9. The average Bonchev–Trinajstić information content (AvgIpc) is 2.89. The summed E-state index contributed by atoms with van der Waals surface area (Å²) in [6.07, 6.45) is 0. The Morgan fingerprint density at radius 1 is 1.12 bits per heavy atom. The third-order valence-corrected chi connectivity index (χ3v) is 4.48. The van der Waals surface area contributed by atoms with Crippen LogP contribution in [-0.4, -0.2) is 41.5 Å². The van der Waals surface area contributed by atoms with E-state index in [1.165, 1.54) is 0 Å². The second-order valence-electron chi connectivity index (χ2n) is 6.43. The molecule has 2 heterocycles. The molecule has 4 aromatic rings. The van der Waals surface area contributed by atoms with Gasteiger partial charge >= 0.3 is 0 Å². The highest BCUT2D eigenvalue weighted by Gasteiger charge is 2.17. The number of aromatic nitrogens is 2. The molecule has 0 bridgehead atoms. The minimum absolute atomic E-state index is 0. The minimum Gasteiger partial charge on any atom is -0.383 e. The van der Waals surface area contributed by atoms with Crippen LogP contribution in [0.3, 0.4) is 0 Å². The molecule has 0 unspecified atom stereocenters. The summed E-state index contributed by atoms with van der Waals surface area (Å²) in [5, 5.41) is 4.87. The number of anilines is 1. The van der Waals surface area contributed by atoms with Crippen LogP contribution in [0.2, 0.25) is 0 Å². The van der Waals surface area contributed by atoms with E-state index >= 15 is 0 Å². The number of rotatable bonds is 4. The number of aryl methyl sites for hydroxylation is 1. The Bertz CT molecular complexity index is 1110. The second kappa shape index (κ2) is 7.66. The fourth-order valence-corrected chi connectivity index (χ4v) is 3.36. The number of pyridine rings is 1. The predicted molar refractivity (Wildman–Crippen MR) is 114 cm³/mol. The fourth-order valence-electron chi connectivity index (χ4n) is 3.36. The van der Waals surface area contributed by atoms with Crippen LogP contribution in [-0.2, 0) is 0 Å². The molecule has 0 saturated heterocycles. The summed E-state index contributed by atoms with van der Waals surface area (Å²) < 4.78 is 2.10. The molecule has 2 aromatic carbocycles. The highest BCUT2D eigenvalue weighted by atomic mass is 35.5. The van der Waals surface area contributed by atoms with E-state index in [-0.39, 0.29) is 30.2 Å². The van der Waals surface area contributed by atoms with Crippen LogP contribution in [0.15, 0.2) is 41.2 Å². The van der Waals surface area contributed by atoms with Crippen molar-refractivity contribution in [1.29, 1.82) is 0 Å². The average molecular weight is 393 g/mol. The van der Waals surface area contributed by atoms with Gasteiger partial charge in [-0.15, -0.1) is 24.8 Å². The SMILES string of the molecule is Cc1nc2ccc(NCCN(C)C)c3c(=O)c4ccccc4n1c23.Cl.Cl. The van der Waals surface area contributed by atoms with E-state index < -0.39 is 0 Å². The molecular formula is C19H22Cl2N4O. The van der Waals surface area contributed by atoms with Gasteiger partial charge in [-0.3, -0.25) is 9.20 Å². The van der Waals surface area contributed by atoms with Crippen molar-refractivity contribution in [2.75, 3.05) is 32.5 Å². The Balaban J connectivity index is 0.00000121. The monoisotopic (exact) mass is 392 g/mol. The van der Waals surface area contributed by atoms with Crippen molar-refractivity contribution in [3.05, 3.63) is 52.4 Å². The summed E-state index contributed by atoms with van der Waals surface area (Å²) in [6.45, 7) is 3.67. The molecule has 4 rings (SSSR count). The third-order valence-electron chi connectivity index (χ3n) is 4.48. The first kappa shape index (κ1) is 20.2. The Labute approximate surface area is 164 Å². The first-order valence-corrected chi connectivity index (χ1v) is 8.12. The van der Waals surface area contributed by atoms with E-state index in [0.29, 0.717) is 0 Å². The molecule has 0 spiro atoms. The van der Waals surface area contributed by atoms with Crippen molar-refractivity contribution in [3.8, 4) is 0 Å². The zero-order valence-electron chi connectivity index (χ0n) is 14.9. The van der Waals surface area contributed by atoms with Crippen LogP contribution in [0, 0.1) is 6.92 Å². The quantitative estimate of drug-likeness (QED) is 0.539. The van der Waals surface area contributed by atoms with Gasteiger partial charge in [0.15, 0.2) is 5.43 Å². The number of fused-ring (bicyclic) bond motifs is 2. The number of nitrogens with zero attached hydrogens (tertiary/aromatic N) is 3. The summed E-state index contributed by atoms with van der Waals surface area (Å²) in [5.74, 6) is 0.900. The van der Waals surface area contributed by atoms with Gasteiger partial charge in [-0.05, 0) is 45.3 Å². The van der Waals surface area contributed by atoms with Gasteiger partial charge in [0.1, 0.15) is 5.82 Å². The molecule has 0 amide bonds. The first-order chi connectivity index (χ1) is 11.6. The molecule has 0 radical (unpaired) electrons. The lowest BCUT2D eigenvalue weighted by atomic mass is 10.1. The lowest BCUT2D eigenvalue weighted by Crippen LogP contribution is -2.21. The molecule has 0 aliphatic rings. The maximum atomic E-state index is 13.1. The van der Waals surface area contributed by atoms with Crippen LogP contribution in [0.4, 0.5) is 5.69 Å². The van der Waals surface area contributed by atoms with Crippen molar-refractivity contribution >= 4 is 57.8 Å². The lowest BCUT2D eigenvalue weighted by Gasteiger charge is -2.14. The van der Waals surface area contributed by atoms with Crippen molar-refractivity contribution in [3.63, 3.8) is 0 Å². The van der Waals surface area contributed by atoms with Crippen LogP contribution in [0.5, 0.6) is 0 Å². The Kier molecular flexibility index (Phi) is 5.96. The summed E-state index contributed by atoms with van der Waals surface area (Å²) in [5.41, 5.74) is 3.64. The molecule has 0 fully saturated rings. The Hall–Kier alpha value is -2.08. The topological polar surface area (TPSA) is 49.6 Å². The smallest absolute Gasteiger partial charge is 0.199 e. The maximum absolute atomic E-state index is 13.1. The summed E-state index contributed by atoms with van der Waals surface area (Å²) >= 11 is 0. The standard InChI is InChI=1S/C19H20N4O.2ClH/c1-12-21-15-9-8-14(20-10-11-22(2)3)17-18(15)23(12)16-7-5-4-6-13(16)19(17)24;;/h4-9,20H,10-11H2,1-3H3;2*1H. The van der Waals surface area contributed by atoms with Crippen LogP contribution < -0.4 is 10.7 Å². The largest absolute Gasteiger partial charge is 0.383 e. The molecule has 0 atom stereocenters. The number of likely N-dealkylation sites (N-methyl/N-ethyl adjacent to an activating group) is 1. The molecule has 0 aliphatic heterocycles. The molecule has 2 aromatic heterocycles. The normalized spacial score (nSPS) is 11.1. The number of hydrogen-bond acceptors (Lipinski definition) is 4. The highest BCUT2D eigenvalue weighted by molar-refractivity contribution is 6.07. The lowest BCUT2D eigenvalue weighted by molar-refractivity contribution is 0.425. The third kappa shape index (κ3) is 3.07. The van der Waals surface area contributed by atoms with Gasteiger partial charge in [0.25, 0.3) is 0 Å². The summed E-state index contributed by atoms with van der Waals surface area (Å²) in [7, 11) is 4.07. The van der Waals surface area contributed by atoms with Gasteiger partial charge in [-0.2, -0.15) is 0 Å². The number of para-hydroxylation sites is 1. The number of halogens is 2. The predicted octanol–water partition coefficient (Wildman–Crippen LogP) is 3.56. The van der Waals surface area contributed by atoms with Crippen molar-refractivity contribution in [2.24, 2.45) is 0 Å². The number of hydrogen-bond donors (Lipinski definition) is 1. The van der Waals surface area contributed by atoms with Crippen LogP contribution in [0.25, 0.3) is 27.3 Å². The highest BCUT2D eigenvalue weighted by Crippen LogP contribution is 2.29. The van der Waals surface area contributed by atoms with Gasteiger partial charge in [-0.1, -0.05) is 12.1 Å². The van der Waals surface area contributed by atoms with E-state index in [0.717, 1.165) is 51.9 Å². The van der Waals surface area contributed by atoms with Crippen LogP contribution in [0.1, 0.15) is 5.82 Å². The Morgan fingerprint density at radius 2 is 1.85 bits per heavy atom. The number of nitrogens with one attached hydrogen (secondary N) is 1. The van der Waals surface area contributed by atoms with Gasteiger partial charge in [0.2, 0.25) is 0 Å². The van der Waals surface area contributed by atoms with Gasteiger partial charge in [0.05, 0.1) is 21.9 Å². The zero-order valence-corrected chi connectivity index (χ0v) is 16.6. The van der Waals surface area contributed by atoms with Crippen molar-refractivity contribution in [2.45, 2.75) is 6.92 Å². The molecule has 0 saturated carbocycles. The van der Waals surface area contributed by atoms with Crippen molar-refractivity contribution in [1.82, 2.24) is 14.3 Å². The second-order valence-corrected chi connectivity index (χ2v) is 6.43. The molecule has 138 valence electrons. The van der Waals surface area contributed by atoms with E-state index in [1.807, 2.05) is 57.4 Å². The van der Waals surface area contributed by atoms with Gasteiger partial charge < -0.3 is 10.2 Å². The number of benzene rings is 2. The zero-order chi connectivity index (χ0) is 16.8. The fraction of sp³-hybridized carbons (Fsp3) is 0.263. The number of imidazole rings is 1. The molecule has 1 N–H and O–H groups in total. The van der Waals surface area contributed by atoms with E-state index in [1.54, 1.807) is 0 Å². The van der Waals surface area contributed by atoms with Crippen molar-refractivity contribution < 1.29 is 0 Å². The van der Waals surface area contributed by atoms with E-state index in [9.17, 15) is 4.79 Å². The maximum Gasteiger partial charge on any atom is 0.199 e. The van der Waals surface area contributed by atoms with Gasteiger partial charge in [-0.25, -0.2) is 4.98 Å². The van der Waals surface area contributed by atoms with E-state index in [4.69, 9.17) is 0 Å². The summed E-state index contributed by atoms with van der Waals surface area (Å²) in [6, 6.07) is 11.7. The van der Waals surface area contributed by atoms with E-state index in [2.05, 4.69) is 19.6 Å². The van der Waals surface area contributed by atoms with Gasteiger partial charge in [0, 0.05) is 24.2 Å². The minimum atomic E-state index is 0. The molecule has 5 nitrogen and oxygen atoms in total. The molecular weight excluding hydrogens is 371 g/mol.